The number of Topliss-reactive ketones (excluding diaryl/α,β-unsaturated/α-hetero) is 1. The van der Waals surface area contributed by atoms with Crippen molar-refractivity contribution >= 4 is 11.5 Å². The van der Waals surface area contributed by atoms with Crippen LogP contribution in [-0.4, -0.2) is 32.0 Å². The number of anilines is 1. The number of rotatable bonds is 7. The summed E-state index contributed by atoms with van der Waals surface area (Å²) < 4.78 is 5.71. The van der Waals surface area contributed by atoms with E-state index in [-0.39, 0.29) is 5.78 Å². The third-order valence-electron chi connectivity index (χ3n) is 3.10. The summed E-state index contributed by atoms with van der Waals surface area (Å²) in [6.07, 6.45) is 5.53. The van der Waals surface area contributed by atoms with Crippen LogP contribution in [0.2, 0.25) is 0 Å². The second kappa shape index (κ2) is 7.70. The Bertz CT molecular complexity index is 471. The van der Waals surface area contributed by atoms with Gasteiger partial charge in [-0.2, -0.15) is 0 Å². The van der Waals surface area contributed by atoms with E-state index in [0.29, 0.717) is 19.6 Å². The van der Waals surface area contributed by atoms with Gasteiger partial charge in [-0.25, -0.2) is 0 Å². The predicted octanol–water partition coefficient (Wildman–Crippen LogP) is 2.36. The summed E-state index contributed by atoms with van der Waals surface area (Å²) in [4.78, 5) is 13.4. The van der Waals surface area contributed by atoms with Crippen LogP contribution in [0.25, 0.3) is 0 Å². The zero-order chi connectivity index (χ0) is 14.2. The SMILES string of the molecule is CCCNCCOc1cccc(N2C=CCC(=O)C2)c1. The van der Waals surface area contributed by atoms with Gasteiger partial charge in [0.25, 0.3) is 0 Å². The minimum atomic E-state index is 0.239. The molecule has 20 heavy (non-hydrogen) atoms. The maximum absolute atomic E-state index is 11.5. The number of allylic oxidation sites excluding steroid dienone is 1. The average molecular weight is 274 g/mol. The molecule has 1 aromatic rings. The fourth-order valence-electron chi connectivity index (χ4n) is 2.09. The van der Waals surface area contributed by atoms with Crippen LogP contribution >= 0.6 is 0 Å². The molecule has 0 aliphatic carbocycles. The Morgan fingerprint density at radius 1 is 1.35 bits per heavy atom. The first-order valence-corrected chi connectivity index (χ1v) is 7.18. The van der Waals surface area contributed by atoms with Crippen LogP contribution in [-0.2, 0) is 4.79 Å². The van der Waals surface area contributed by atoms with Crippen molar-refractivity contribution in [2.75, 3.05) is 31.1 Å². The Hall–Kier alpha value is -1.81. The molecule has 0 bridgehead atoms. The molecule has 0 saturated carbocycles. The van der Waals surface area contributed by atoms with Gasteiger partial charge in [0.05, 0.1) is 6.54 Å². The van der Waals surface area contributed by atoms with E-state index in [1.54, 1.807) is 0 Å². The summed E-state index contributed by atoms with van der Waals surface area (Å²) in [5.74, 6) is 1.08. The lowest BCUT2D eigenvalue weighted by Gasteiger charge is -2.23. The maximum atomic E-state index is 11.5. The van der Waals surface area contributed by atoms with Crippen molar-refractivity contribution in [2.45, 2.75) is 19.8 Å². The molecule has 0 aromatic heterocycles. The molecule has 1 N–H and O–H groups in total. The molecule has 1 aliphatic heterocycles. The van der Waals surface area contributed by atoms with Crippen LogP contribution in [0.3, 0.4) is 0 Å². The zero-order valence-corrected chi connectivity index (χ0v) is 12.0. The summed E-state index contributed by atoms with van der Waals surface area (Å²) >= 11 is 0. The summed E-state index contributed by atoms with van der Waals surface area (Å²) in [6.45, 7) is 5.10. The first-order chi connectivity index (χ1) is 9.79. The molecular weight excluding hydrogens is 252 g/mol. The highest BCUT2D eigenvalue weighted by Gasteiger charge is 2.12. The number of carbonyl (C=O) groups excluding carboxylic acids is 1. The molecule has 108 valence electrons. The largest absolute Gasteiger partial charge is 0.492 e. The van der Waals surface area contributed by atoms with Crippen molar-refractivity contribution in [2.24, 2.45) is 0 Å². The van der Waals surface area contributed by atoms with Crippen LogP contribution < -0.4 is 15.0 Å². The van der Waals surface area contributed by atoms with E-state index in [1.165, 1.54) is 0 Å². The fourth-order valence-corrected chi connectivity index (χ4v) is 2.09. The van der Waals surface area contributed by atoms with E-state index in [2.05, 4.69) is 12.2 Å². The zero-order valence-electron chi connectivity index (χ0n) is 12.0. The topological polar surface area (TPSA) is 41.6 Å². The Morgan fingerprint density at radius 2 is 2.25 bits per heavy atom. The van der Waals surface area contributed by atoms with Gasteiger partial charge in [-0.05, 0) is 25.1 Å². The second-order valence-corrected chi connectivity index (χ2v) is 4.85. The van der Waals surface area contributed by atoms with E-state index in [0.717, 1.165) is 30.9 Å². The average Bonchev–Trinajstić information content (AvgIpc) is 2.47. The lowest BCUT2D eigenvalue weighted by molar-refractivity contribution is -0.117. The number of benzene rings is 1. The molecule has 0 fully saturated rings. The van der Waals surface area contributed by atoms with Crippen LogP contribution in [0.1, 0.15) is 19.8 Å². The highest BCUT2D eigenvalue weighted by atomic mass is 16.5. The third kappa shape index (κ3) is 4.38. The van der Waals surface area contributed by atoms with Crippen LogP contribution in [0.15, 0.2) is 36.5 Å². The Labute approximate surface area is 120 Å². The van der Waals surface area contributed by atoms with Gasteiger partial charge in [-0.1, -0.05) is 19.1 Å². The van der Waals surface area contributed by atoms with Crippen molar-refractivity contribution < 1.29 is 9.53 Å². The van der Waals surface area contributed by atoms with E-state index in [4.69, 9.17) is 4.74 Å². The van der Waals surface area contributed by atoms with Crippen LogP contribution in [0.5, 0.6) is 5.75 Å². The highest BCUT2D eigenvalue weighted by molar-refractivity contribution is 5.86. The molecule has 2 rings (SSSR count). The van der Waals surface area contributed by atoms with Crippen molar-refractivity contribution in [1.82, 2.24) is 5.32 Å². The number of hydrogen-bond acceptors (Lipinski definition) is 4. The normalized spacial score (nSPS) is 14.7. The van der Waals surface area contributed by atoms with E-state index < -0.39 is 0 Å². The minimum Gasteiger partial charge on any atom is -0.492 e. The Kier molecular flexibility index (Phi) is 5.62. The third-order valence-corrected chi connectivity index (χ3v) is 3.10. The lowest BCUT2D eigenvalue weighted by Crippen LogP contribution is -2.27. The van der Waals surface area contributed by atoms with Gasteiger partial charge >= 0.3 is 0 Å². The number of carbonyl (C=O) groups is 1. The molecule has 0 amide bonds. The Balaban J connectivity index is 1.89. The van der Waals surface area contributed by atoms with Crippen molar-refractivity contribution in [3.8, 4) is 5.75 Å². The standard InChI is InChI=1S/C16H22N2O2/c1-2-8-17-9-11-20-16-7-3-5-14(12-16)18-10-4-6-15(19)13-18/h3-5,7,10,12,17H,2,6,8-9,11,13H2,1H3. The van der Waals surface area contributed by atoms with Gasteiger partial charge in [-0.15, -0.1) is 0 Å². The molecule has 1 aromatic carbocycles. The molecule has 1 heterocycles. The smallest absolute Gasteiger partial charge is 0.156 e. The van der Waals surface area contributed by atoms with Gasteiger partial charge in [0.1, 0.15) is 12.4 Å². The van der Waals surface area contributed by atoms with Gasteiger partial charge in [-0.3, -0.25) is 4.79 Å². The van der Waals surface area contributed by atoms with Gasteiger partial charge < -0.3 is 15.0 Å². The lowest BCUT2D eigenvalue weighted by atomic mass is 10.2. The molecule has 0 atom stereocenters. The number of nitrogens with one attached hydrogen (secondary N) is 1. The van der Waals surface area contributed by atoms with Crippen molar-refractivity contribution in [3.05, 3.63) is 36.5 Å². The van der Waals surface area contributed by atoms with Gasteiger partial charge in [0.2, 0.25) is 0 Å². The van der Waals surface area contributed by atoms with Crippen molar-refractivity contribution in [1.29, 1.82) is 0 Å². The molecule has 0 spiro atoms. The highest BCUT2D eigenvalue weighted by Crippen LogP contribution is 2.22. The first-order valence-electron chi connectivity index (χ1n) is 7.18. The number of ketones is 1. The summed E-state index contributed by atoms with van der Waals surface area (Å²) in [5.41, 5.74) is 0.994. The van der Waals surface area contributed by atoms with Gasteiger partial charge in [0.15, 0.2) is 5.78 Å². The first kappa shape index (κ1) is 14.6. The monoisotopic (exact) mass is 274 g/mol. The molecule has 0 radical (unpaired) electrons. The molecule has 4 nitrogen and oxygen atoms in total. The number of nitrogens with zero attached hydrogens (tertiary/aromatic N) is 1. The van der Waals surface area contributed by atoms with Gasteiger partial charge in [0, 0.05) is 30.9 Å². The minimum absolute atomic E-state index is 0.239. The van der Waals surface area contributed by atoms with E-state index in [9.17, 15) is 4.79 Å². The molecule has 4 heteroatoms. The maximum Gasteiger partial charge on any atom is 0.156 e. The fraction of sp³-hybridized carbons (Fsp3) is 0.438. The van der Waals surface area contributed by atoms with E-state index in [1.807, 2.05) is 41.4 Å². The summed E-state index contributed by atoms with van der Waals surface area (Å²) in [6, 6.07) is 7.86. The number of hydrogen-bond donors (Lipinski definition) is 1. The molecule has 0 saturated heterocycles. The molecule has 1 aliphatic rings. The Morgan fingerprint density at radius 3 is 3.05 bits per heavy atom. The van der Waals surface area contributed by atoms with Crippen molar-refractivity contribution in [3.63, 3.8) is 0 Å². The summed E-state index contributed by atoms with van der Waals surface area (Å²) in [5, 5.41) is 3.30. The second-order valence-electron chi connectivity index (χ2n) is 4.85. The molecular formula is C16H22N2O2. The van der Waals surface area contributed by atoms with Crippen LogP contribution in [0.4, 0.5) is 5.69 Å². The summed E-state index contributed by atoms with van der Waals surface area (Å²) in [7, 11) is 0. The number of ether oxygens (including phenoxy) is 1. The van der Waals surface area contributed by atoms with Crippen LogP contribution in [0, 0.1) is 0 Å². The predicted molar refractivity (Wildman–Crippen MR) is 81.2 cm³/mol. The quantitative estimate of drug-likeness (QED) is 0.775. The van der Waals surface area contributed by atoms with E-state index >= 15 is 0 Å². The molecule has 0 unspecified atom stereocenters.